The number of aliphatic hydroxyl groups is 1. The van der Waals surface area contributed by atoms with Crippen LogP contribution < -0.4 is 14.8 Å². The molecule has 30 heavy (non-hydrogen) atoms. The molecule has 5 atom stereocenters. The highest BCUT2D eigenvalue weighted by Gasteiger charge is 2.56. The van der Waals surface area contributed by atoms with Crippen molar-refractivity contribution in [2.45, 2.75) is 44.7 Å². The molecule has 1 aromatic carbocycles. The molecule has 0 saturated carbocycles. The Morgan fingerprint density at radius 2 is 1.93 bits per heavy atom. The zero-order valence-electron chi connectivity index (χ0n) is 16.0. The van der Waals surface area contributed by atoms with Gasteiger partial charge in [-0.25, -0.2) is 4.79 Å². The number of carbonyl (C=O) groups excluding carboxylic acids is 3. The van der Waals surface area contributed by atoms with Crippen molar-refractivity contribution in [3.63, 3.8) is 0 Å². The molecule has 0 aromatic heterocycles. The predicted molar refractivity (Wildman–Crippen MR) is 95.9 cm³/mol. The zero-order valence-corrected chi connectivity index (χ0v) is 16.0. The number of carbonyl (C=O) groups is 3. The number of aliphatic hydroxyl groups excluding tert-OH is 1. The number of rotatable bonds is 5. The molecular weight excluding hydrogens is 402 g/mol. The summed E-state index contributed by atoms with van der Waals surface area (Å²) < 4.78 is 32.1. The molecule has 160 valence electrons. The molecule has 0 aliphatic carbocycles. The first-order chi connectivity index (χ1) is 14.3. The normalized spacial score (nSPS) is 28.8. The van der Waals surface area contributed by atoms with Crippen molar-refractivity contribution < 1.29 is 47.9 Å². The van der Waals surface area contributed by atoms with E-state index < -0.39 is 43.0 Å². The van der Waals surface area contributed by atoms with Gasteiger partial charge in [0.15, 0.2) is 6.10 Å². The van der Waals surface area contributed by atoms with Crippen LogP contribution in [0.5, 0.6) is 11.5 Å². The fourth-order valence-electron chi connectivity index (χ4n) is 3.30. The van der Waals surface area contributed by atoms with Gasteiger partial charge in [-0.2, -0.15) is 0 Å². The maximum absolute atomic E-state index is 11.5. The van der Waals surface area contributed by atoms with Crippen LogP contribution in [0.2, 0.25) is 0 Å². The summed E-state index contributed by atoms with van der Waals surface area (Å²) in [6.07, 6.45) is -3.98. The van der Waals surface area contributed by atoms with Crippen molar-refractivity contribution >= 4 is 24.1 Å². The Balaban J connectivity index is 1.49. The molecule has 11 heteroatoms. The summed E-state index contributed by atoms with van der Waals surface area (Å²) in [5.74, 6) is -0.198. The average molecular weight is 421 g/mol. The minimum absolute atomic E-state index is 0.122. The van der Waals surface area contributed by atoms with E-state index in [4.69, 9.17) is 28.4 Å². The van der Waals surface area contributed by atoms with Gasteiger partial charge in [0.2, 0.25) is 24.6 Å². The minimum Gasteiger partial charge on any atom is -0.463 e. The molecule has 1 aromatic rings. The van der Waals surface area contributed by atoms with E-state index in [9.17, 15) is 19.5 Å². The van der Waals surface area contributed by atoms with E-state index in [0.29, 0.717) is 17.1 Å². The second kappa shape index (κ2) is 7.84. The van der Waals surface area contributed by atoms with E-state index in [0.717, 1.165) is 0 Å². The van der Waals surface area contributed by atoms with Crippen molar-refractivity contribution in [1.82, 2.24) is 5.32 Å². The molecule has 3 heterocycles. The monoisotopic (exact) mass is 421 g/mol. The molecule has 0 spiro atoms. The van der Waals surface area contributed by atoms with Crippen LogP contribution in [0.3, 0.4) is 0 Å². The summed E-state index contributed by atoms with van der Waals surface area (Å²) in [7, 11) is 0. The van der Waals surface area contributed by atoms with Crippen molar-refractivity contribution in [1.29, 1.82) is 0 Å². The second-order valence-corrected chi connectivity index (χ2v) is 6.83. The lowest BCUT2D eigenvalue weighted by molar-refractivity contribution is -0.154. The lowest BCUT2D eigenvalue weighted by Gasteiger charge is -2.24. The van der Waals surface area contributed by atoms with Gasteiger partial charge in [0.05, 0.1) is 5.70 Å². The van der Waals surface area contributed by atoms with Crippen molar-refractivity contribution in [3.8, 4) is 11.5 Å². The standard InChI is InChI=1S/C19H19NO10/c1-8(21)20-12-5-10-3-4-11(6-13(10)27-17(12)23)26-18-16-15(29-19(24)30-16)14(28-18)7-25-9(2)22/h3-6,14-18,23H,7H2,1-2H3,(H,20,21). The van der Waals surface area contributed by atoms with Gasteiger partial charge in [0.25, 0.3) is 0 Å². The van der Waals surface area contributed by atoms with E-state index in [1.165, 1.54) is 19.9 Å². The molecule has 11 nitrogen and oxygen atoms in total. The third-order valence-corrected chi connectivity index (χ3v) is 4.56. The van der Waals surface area contributed by atoms with Gasteiger partial charge in [-0.3, -0.25) is 9.59 Å². The molecule has 5 unspecified atom stereocenters. The van der Waals surface area contributed by atoms with E-state index in [1.807, 2.05) is 0 Å². The largest absolute Gasteiger partial charge is 0.509 e. The number of hydrogen-bond acceptors (Lipinski definition) is 10. The second-order valence-electron chi connectivity index (χ2n) is 6.83. The van der Waals surface area contributed by atoms with E-state index in [-0.39, 0.29) is 18.2 Å². The fourth-order valence-corrected chi connectivity index (χ4v) is 3.30. The van der Waals surface area contributed by atoms with Crippen LogP contribution in [0.25, 0.3) is 6.08 Å². The van der Waals surface area contributed by atoms with Crippen LogP contribution in [0.1, 0.15) is 19.4 Å². The minimum atomic E-state index is -1.35. The predicted octanol–water partition coefficient (Wildman–Crippen LogP) is 0.445. The SMILES string of the molecule is CC(=O)NC1=Cc2ccc(OC3OC(COC(C)=O)C4OC(=O)OC34)cc2OC1O. The molecule has 2 N–H and O–H groups in total. The van der Waals surface area contributed by atoms with E-state index in [2.05, 4.69) is 5.32 Å². The first-order valence-electron chi connectivity index (χ1n) is 9.11. The highest BCUT2D eigenvalue weighted by atomic mass is 16.8. The van der Waals surface area contributed by atoms with Gasteiger partial charge in [-0.05, 0) is 18.2 Å². The van der Waals surface area contributed by atoms with E-state index in [1.54, 1.807) is 18.2 Å². The van der Waals surface area contributed by atoms with Crippen LogP contribution >= 0.6 is 0 Å². The number of nitrogens with one attached hydrogen (secondary N) is 1. The van der Waals surface area contributed by atoms with Gasteiger partial charge in [0.1, 0.15) is 24.2 Å². The molecule has 0 radical (unpaired) electrons. The van der Waals surface area contributed by atoms with Crippen molar-refractivity contribution in [2.75, 3.05) is 6.61 Å². The highest BCUT2D eigenvalue weighted by Crippen LogP contribution is 2.36. The molecule has 2 fully saturated rings. The molecule has 0 bridgehead atoms. The first kappa shape index (κ1) is 20.0. The lowest BCUT2D eigenvalue weighted by Crippen LogP contribution is -2.34. The molecule has 3 aliphatic heterocycles. The van der Waals surface area contributed by atoms with Crippen molar-refractivity contribution in [3.05, 3.63) is 29.5 Å². The van der Waals surface area contributed by atoms with Crippen LogP contribution in [-0.2, 0) is 28.5 Å². The van der Waals surface area contributed by atoms with Gasteiger partial charge >= 0.3 is 12.1 Å². The Morgan fingerprint density at radius 3 is 2.67 bits per heavy atom. The Bertz CT molecular complexity index is 913. The summed E-state index contributed by atoms with van der Waals surface area (Å²) in [6.45, 7) is 2.46. The summed E-state index contributed by atoms with van der Waals surface area (Å²) in [5.41, 5.74) is 0.832. The smallest absolute Gasteiger partial charge is 0.463 e. The van der Waals surface area contributed by atoms with Crippen LogP contribution in [0, 0.1) is 0 Å². The third-order valence-electron chi connectivity index (χ3n) is 4.56. The summed E-state index contributed by atoms with van der Waals surface area (Å²) in [4.78, 5) is 33.8. The Kier molecular flexibility index (Phi) is 5.22. The lowest BCUT2D eigenvalue weighted by atomic mass is 10.1. The number of esters is 1. The summed E-state index contributed by atoms with van der Waals surface area (Å²) >= 11 is 0. The third kappa shape index (κ3) is 4.02. The average Bonchev–Trinajstić information content (AvgIpc) is 3.19. The maximum atomic E-state index is 11.5. The first-order valence-corrected chi connectivity index (χ1v) is 9.11. The number of amides is 1. The Hall–Kier alpha value is -3.31. The van der Waals surface area contributed by atoms with Crippen LogP contribution in [-0.4, -0.2) is 60.6 Å². The van der Waals surface area contributed by atoms with Crippen LogP contribution in [0.4, 0.5) is 4.79 Å². The van der Waals surface area contributed by atoms with Crippen molar-refractivity contribution in [2.24, 2.45) is 0 Å². The zero-order chi connectivity index (χ0) is 21.4. The van der Waals surface area contributed by atoms with Crippen LogP contribution in [0.15, 0.2) is 23.9 Å². The van der Waals surface area contributed by atoms with Gasteiger partial charge < -0.3 is 38.8 Å². The Labute approximate surface area is 170 Å². The van der Waals surface area contributed by atoms with Gasteiger partial charge in [-0.15, -0.1) is 0 Å². The number of fused-ring (bicyclic) bond motifs is 2. The highest BCUT2D eigenvalue weighted by molar-refractivity contribution is 5.77. The topological polar surface area (TPSA) is 139 Å². The maximum Gasteiger partial charge on any atom is 0.509 e. The summed E-state index contributed by atoms with van der Waals surface area (Å²) in [5, 5.41) is 12.5. The molecular formula is C19H19NO10. The molecule has 2 saturated heterocycles. The molecule has 4 rings (SSSR count). The summed E-state index contributed by atoms with van der Waals surface area (Å²) in [6, 6.07) is 4.81. The van der Waals surface area contributed by atoms with Gasteiger partial charge in [-0.1, -0.05) is 0 Å². The van der Waals surface area contributed by atoms with Gasteiger partial charge in [0, 0.05) is 25.5 Å². The number of benzene rings is 1. The van der Waals surface area contributed by atoms with E-state index >= 15 is 0 Å². The Morgan fingerprint density at radius 1 is 1.17 bits per heavy atom. The number of hydrogen-bond donors (Lipinski definition) is 2. The molecule has 3 aliphatic rings. The quantitative estimate of drug-likeness (QED) is 0.644. The molecule has 1 amide bonds. The number of ether oxygens (including phenoxy) is 6. The fraction of sp³-hybridized carbons (Fsp3) is 0.421.